The van der Waals surface area contributed by atoms with E-state index in [0.717, 1.165) is 5.46 Å². The largest absolute Gasteiger partial charge is 0.365 e. The molecular formula is C20H19BClN. The van der Waals surface area contributed by atoms with Gasteiger partial charge in [0.2, 0.25) is 0 Å². The summed E-state index contributed by atoms with van der Waals surface area (Å²) in [7, 11) is 2.08. The van der Waals surface area contributed by atoms with Crippen LogP contribution in [0.1, 0.15) is 17.2 Å². The maximum atomic E-state index is 6.78. The van der Waals surface area contributed by atoms with Crippen LogP contribution in [-0.2, 0) is 0 Å². The summed E-state index contributed by atoms with van der Waals surface area (Å²) in [5.41, 5.74) is 3.58. The first-order valence-electron chi connectivity index (χ1n) is 7.78. The van der Waals surface area contributed by atoms with Gasteiger partial charge in [-0.1, -0.05) is 91.0 Å². The Morgan fingerprint density at radius 3 is 1.52 bits per heavy atom. The van der Waals surface area contributed by atoms with Crippen molar-refractivity contribution in [1.82, 2.24) is 4.81 Å². The van der Waals surface area contributed by atoms with Gasteiger partial charge in [-0.2, -0.15) is 11.5 Å². The van der Waals surface area contributed by atoms with E-state index in [0.29, 0.717) is 0 Å². The second kappa shape index (κ2) is 7.50. The van der Waals surface area contributed by atoms with E-state index in [1.54, 1.807) is 0 Å². The van der Waals surface area contributed by atoms with E-state index < -0.39 is 0 Å². The van der Waals surface area contributed by atoms with Crippen LogP contribution in [-0.4, -0.2) is 18.1 Å². The average Bonchev–Trinajstić information content (AvgIpc) is 2.64. The van der Waals surface area contributed by atoms with Crippen molar-refractivity contribution in [2.24, 2.45) is 0 Å². The van der Waals surface area contributed by atoms with E-state index in [9.17, 15) is 0 Å². The molecule has 0 spiro atoms. The zero-order valence-corrected chi connectivity index (χ0v) is 13.9. The van der Waals surface area contributed by atoms with Crippen LogP contribution in [0.2, 0.25) is 0 Å². The van der Waals surface area contributed by atoms with Crippen LogP contribution in [0.25, 0.3) is 0 Å². The summed E-state index contributed by atoms with van der Waals surface area (Å²) in [4.78, 5) is 2.21. The summed E-state index contributed by atoms with van der Waals surface area (Å²) in [6, 6.07) is 31.3. The molecule has 1 nitrogen and oxygen atoms in total. The lowest BCUT2D eigenvalue weighted by molar-refractivity contribution is 0.453. The highest BCUT2D eigenvalue weighted by Crippen LogP contribution is 2.28. The van der Waals surface area contributed by atoms with Crippen molar-refractivity contribution in [2.45, 2.75) is 6.04 Å². The van der Waals surface area contributed by atoms with Crippen molar-refractivity contribution in [3.8, 4) is 0 Å². The van der Waals surface area contributed by atoms with E-state index in [2.05, 4.69) is 72.5 Å². The van der Waals surface area contributed by atoms with Gasteiger partial charge in [0.15, 0.2) is 0 Å². The molecule has 0 atom stereocenters. The molecule has 0 aromatic heterocycles. The number of nitrogens with zero attached hydrogens (tertiary/aromatic N) is 1. The van der Waals surface area contributed by atoms with Crippen molar-refractivity contribution >= 4 is 23.2 Å². The lowest BCUT2D eigenvalue weighted by atomic mass is 9.76. The molecule has 3 aromatic carbocycles. The number of benzene rings is 3. The third-order valence-electron chi connectivity index (χ3n) is 4.07. The normalized spacial score (nSPS) is 11.0. The number of hydrogen-bond acceptors (Lipinski definition) is 1. The highest BCUT2D eigenvalue weighted by atomic mass is 35.5. The van der Waals surface area contributed by atoms with Crippen molar-refractivity contribution in [3.05, 3.63) is 102 Å². The standard InChI is InChI=1S/C20H19BClN/c1-23(21(22)19-15-9-4-10-16-19)20(17-11-5-2-6-12-17)18-13-7-3-8-14-18/h2-16,20H,1H3. The lowest BCUT2D eigenvalue weighted by Gasteiger charge is -2.31. The van der Waals surface area contributed by atoms with Gasteiger partial charge in [0.25, 0.3) is 0 Å². The molecule has 0 aliphatic carbocycles. The Morgan fingerprint density at radius 1 is 0.696 bits per heavy atom. The van der Waals surface area contributed by atoms with Crippen molar-refractivity contribution in [1.29, 1.82) is 0 Å². The Hall–Kier alpha value is -2.03. The van der Waals surface area contributed by atoms with Gasteiger partial charge in [0, 0.05) is 0 Å². The summed E-state index contributed by atoms with van der Waals surface area (Å²) in [6.07, 6.45) is -0.193. The van der Waals surface area contributed by atoms with Crippen LogP contribution < -0.4 is 5.46 Å². The Balaban J connectivity index is 1.98. The number of halogens is 1. The van der Waals surface area contributed by atoms with Gasteiger partial charge in [-0.15, -0.1) is 0 Å². The summed E-state index contributed by atoms with van der Waals surface area (Å²) in [5.74, 6) is 0. The minimum atomic E-state index is -0.193. The second-order valence-corrected chi connectivity index (χ2v) is 6.05. The van der Waals surface area contributed by atoms with Gasteiger partial charge >= 0.3 is 6.26 Å². The van der Waals surface area contributed by atoms with Crippen LogP contribution in [0.5, 0.6) is 0 Å². The highest BCUT2D eigenvalue weighted by molar-refractivity contribution is 7.12. The maximum Gasteiger partial charge on any atom is 0.365 e. The summed E-state index contributed by atoms with van der Waals surface area (Å²) in [5, 5.41) is 0. The first-order valence-corrected chi connectivity index (χ1v) is 8.22. The van der Waals surface area contributed by atoms with E-state index in [4.69, 9.17) is 11.5 Å². The molecule has 114 valence electrons. The summed E-state index contributed by atoms with van der Waals surface area (Å²) < 4.78 is 0. The topological polar surface area (TPSA) is 3.24 Å². The summed E-state index contributed by atoms with van der Waals surface area (Å²) in [6.45, 7) is 0. The zero-order valence-electron chi connectivity index (χ0n) is 13.1. The molecule has 0 saturated carbocycles. The van der Waals surface area contributed by atoms with E-state index in [-0.39, 0.29) is 12.3 Å². The quantitative estimate of drug-likeness (QED) is 0.632. The Kier molecular flexibility index (Phi) is 5.17. The van der Waals surface area contributed by atoms with Crippen molar-refractivity contribution in [2.75, 3.05) is 7.05 Å². The molecule has 0 amide bonds. The third-order valence-corrected chi connectivity index (χ3v) is 4.63. The molecule has 0 unspecified atom stereocenters. The molecule has 0 radical (unpaired) electrons. The first-order chi connectivity index (χ1) is 11.3. The van der Waals surface area contributed by atoms with Crippen LogP contribution in [0.3, 0.4) is 0 Å². The SMILES string of the molecule is CN(B(Cl)c1ccccc1)C(c1ccccc1)c1ccccc1. The second-order valence-electron chi connectivity index (χ2n) is 5.64. The molecule has 23 heavy (non-hydrogen) atoms. The third kappa shape index (κ3) is 3.66. The monoisotopic (exact) mass is 319 g/mol. The fraction of sp³-hybridized carbons (Fsp3) is 0.100. The smallest absolute Gasteiger partial charge is 0.317 e. The first kappa shape index (κ1) is 15.9. The van der Waals surface area contributed by atoms with Crippen molar-refractivity contribution in [3.63, 3.8) is 0 Å². The molecule has 3 heteroatoms. The number of rotatable bonds is 5. The molecule has 3 aromatic rings. The fourth-order valence-corrected chi connectivity index (χ4v) is 3.17. The average molecular weight is 320 g/mol. The van der Waals surface area contributed by atoms with Gasteiger partial charge < -0.3 is 4.81 Å². The number of hydrogen-bond donors (Lipinski definition) is 0. The minimum Gasteiger partial charge on any atom is -0.317 e. The minimum absolute atomic E-state index is 0.111. The van der Waals surface area contributed by atoms with Crippen LogP contribution in [0.4, 0.5) is 0 Å². The molecule has 0 saturated heterocycles. The van der Waals surface area contributed by atoms with E-state index in [1.165, 1.54) is 11.1 Å². The van der Waals surface area contributed by atoms with Crippen LogP contribution >= 0.6 is 11.5 Å². The predicted molar refractivity (Wildman–Crippen MR) is 100 cm³/mol. The summed E-state index contributed by atoms with van der Waals surface area (Å²) >= 11 is 6.78. The lowest BCUT2D eigenvalue weighted by Crippen LogP contribution is -2.44. The van der Waals surface area contributed by atoms with Gasteiger partial charge in [-0.25, -0.2) is 0 Å². The molecule has 0 aliphatic heterocycles. The van der Waals surface area contributed by atoms with Gasteiger partial charge in [-0.3, -0.25) is 0 Å². The Labute approximate surface area is 143 Å². The van der Waals surface area contributed by atoms with Gasteiger partial charge in [0.05, 0.1) is 6.04 Å². The van der Waals surface area contributed by atoms with Crippen molar-refractivity contribution < 1.29 is 0 Å². The van der Waals surface area contributed by atoms with Crippen LogP contribution in [0, 0.1) is 0 Å². The Bertz CT molecular complexity index is 679. The molecule has 0 N–H and O–H groups in total. The van der Waals surface area contributed by atoms with Gasteiger partial charge in [0.1, 0.15) is 0 Å². The molecule has 0 fully saturated rings. The zero-order chi connectivity index (χ0) is 16.1. The maximum absolute atomic E-state index is 6.78. The fourth-order valence-electron chi connectivity index (χ4n) is 2.91. The molecule has 0 heterocycles. The highest BCUT2D eigenvalue weighted by Gasteiger charge is 2.28. The molecule has 3 rings (SSSR count). The van der Waals surface area contributed by atoms with E-state index >= 15 is 0 Å². The van der Waals surface area contributed by atoms with Crippen LogP contribution in [0.15, 0.2) is 91.0 Å². The molecule has 0 aliphatic rings. The van der Waals surface area contributed by atoms with Gasteiger partial charge in [-0.05, 0) is 23.6 Å². The van der Waals surface area contributed by atoms with E-state index in [1.807, 2.05) is 30.3 Å². The molecule has 0 bridgehead atoms. The molecular weight excluding hydrogens is 300 g/mol. The Morgan fingerprint density at radius 2 is 1.09 bits per heavy atom. The predicted octanol–water partition coefficient (Wildman–Crippen LogP) is 4.34.